The maximum Gasteiger partial charge on any atom is 0.311 e. The fourth-order valence-corrected chi connectivity index (χ4v) is 2.27. The number of nitrogens with zero attached hydrogens (tertiary/aromatic N) is 1. The summed E-state index contributed by atoms with van der Waals surface area (Å²) < 4.78 is 4.97. The van der Waals surface area contributed by atoms with Crippen LogP contribution in [0.4, 0.5) is 0 Å². The molecule has 0 radical (unpaired) electrons. The zero-order valence-corrected chi connectivity index (χ0v) is 11.8. The van der Waals surface area contributed by atoms with Gasteiger partial charge in [-0.05, 0) is 25.0 Å². The zero-order chi connectivity index (χ0) is 15.5. The molecular weight excluding hydrogens is 276 g/mol. The monoisotopic (exact) mass is 294 g/mol. The maximum atomic E-state index is 11.9. The minimum Gasteiger partial charge on any atom is -0.481 e. The van der Waals surface area contributed by atoms with Crippen molar-refractivity contribution < 1.29 is 23.9 Å². The molecule has 1 aromatic heterocycles. The van der Waals surface area contributed by atoms with E-state index in [1.165, 1.54) is 24.3 Å². The van der Waals surface area contributed by atoms with E-state index in [0.29, 0.717) is 12.8 Å². The van der Waals surface area contributed by atoms with E-state index in [-0.39, 0.29) is 24.8 Å². The fraction of sp³-hybridized carbons (Fsp3) is 0.500. The fourth-order valence-electron chi connectivity index (χ4n) is 2.27. The SMILES string of the molecule is CN(CC(=O)NCC1(C(=O)O)CCC1)C(=O)c1ccco1. The van der Waals surface area contributed by atoms with E-state index in [2.05, 4.69) is 5.32 Å². The molecule has 2 rings (SSSR count). The lowest BCUT2D eigenvalue weighted by molar-refractivity contribution is -0.154. The van der Waals surface area contributed by atoms with Crippen molar-refractivity contribution in [3.63, 3.8) is 0 Å². The molecule has 1 fully saturated rings. The van der Waals surface area contributed by atoms with E-state index in [4.69, 9.17) is 9.52 Å². The van der Waals surface area contributed by atoms with Crippen LogP contribution in [0.2, 0.25) is 0 Å². The Morgan fingerprint density at radius 2 is 2.14 bits per heavy atom. The number of hydrogen-bond donors (Lipinski definition) is 2. The summed E-state index contributed by atoms with van der Waals surface area (Å²) in [7, 11) is 1.49. The molecule has 7 nitrogen and oxygen atoms in total. The number of carboxylic acid groups (broad SMARTS) is 1. The Labute approximate surface area is 121 Å². The third-order valence-corrected chi connectivity index (χ3v) is 3.85. The van der Waals surface area contributed by atoms with Gasteiger partial charge in [-0.2, -0.15) is 0 Å². The Morgan fingerprint density at radius 3 is 2.62 bits per heavy atom. The molecular formula is C14H18N2O5. The van der Waals surface area contributed by atoms with Crippen molar-refractivity contribution in [2.75, 3.05) is 20.1 Å². The number of carbonyl (C=O) groups excluding carboxylic acids is 2. The smallest absolute Gasteiger partial charge is 0.311 e. The van der Waals surface area contributed by atoms with Gasteiger partial charge >= 0.3 is 5.97 Å². The summed E-state index contributed by atoms with van der Waals surface area (Å²) in [6, 6.07) is 3.11. The van der Waals surface area contributed by atoms with Crippen LogP contribution in [0.5, 0.6) is 0 Å². The Kier molecular flexibility index (Phi) is 4.30. The lowest BCUT2D eigenvalue weighted by Crippen LogP contribution is -2.49. The van der Waals surface area contributed by atoms with E-state index in [9.17, 15) is 14.4 Å². The van der Waals surface area contributed by atoms with Gasteiger partial charge in [-0.1, -0.05) is 6.42 Å². The second kappa shape index (κ2) is 5.99. The van der Waals surface area contributed by atoms with E-state index in [1.54, 1.807) is 6.07 Å². The highest BCUT2D eigenvalue weighted by Gasteiger charge is 2.44. The lowest BCUT2D eigenvalue weighted by Gasteiger charge is -2.37. The number of nitrogens with one attached hydrogen (secondary N) is 1. The van der Waals surface area contributed by atoms with Gasteiger partial charge in [0.05, 0.1) is 18.2 Å². The van der Waals surface area contributed by atoms with Crippen molar-refractivity contribution in [3.8, 4) is 0 Å². The topological polar surface area (TPSA) is 99.9 Å². The normalized spacial score (nSPS) is 15.9. The van der Waals surface area contributed by atoms with Gasteiger partial charge in [-0.15, -0.1) is 0 Å². The average molecular weight is 294 g/mol. The van der Waals surface area contributed by atoms with Crippen LogP contribution in [0, 0.1) is 5.41 Å². The molecule has 0 aromatic carbocycles. The zero-order valence-electron chi connectivity index (χ0n) is 11.8. The summed E-state index contributed by atoms with van der Waals surface area (Å²) in [5, 5.41) is 11.8. The second-order valence-corrected chi connectivity index (χ2v) is 5.35. The number of amides is 2. The third kappa shape index (κ3) is 3.24. The molecule has 0 atom stereocenters. The van der Waals surface area contributed by atoms with E-state index >= 15 is 0 Å². The molecule has 1 heterocycles. The first-order chi connectivity index (χ1) is 9.94. The highest BCUT2D eigenvalue weighted by molar-refractivity contribution is 5.94. The molecule has 7 heteroatoms. The highest BCUT2D eigenvalue weighted by atomic mass is 16.4. The summed E-state index contributed by atoms with van der Waals surface area (Å²) in [4.78, 5) is 36.1. The Hall–Kier alpha value is -2.31. The van der Waals surface area contributed by atoms with Gasteiger partial charge in [-0.3, -0.25) is 14.4 Å². The molecule has 1 aliphatic rings. The number of aliphatic carboxylic acids is 1. The van der Waals surface area contributed by atoms with Crippen LogP contribution in [-0.4, -0.2) is 47.9 Å². The first-order valence-corrected chi connectivity index (χ1v) is 6.74. The molecule has 2 N–H and O–H groups in total. The van der Waals surface area contributed by atoms with Crippen molar-refractivity contribution in [2.45, 2.75) is 19.3 Å². The van der Waals surface area contributed by atoms with E-state index in [0.717, 1.165) is 6.42 Å². The number of furan rings is 1. The molecule has 0 spiro atoms. The maximum absolute atomic E-state index is 11.9. The predicted octanol–water partition coefficient (Wildman–Crippen LogP) is 0.723. The van der Waals surface area contributed by atoms with Crippen molar-refractivity contribution in [1.82, 2.24) is 10.2 Å². The Morgan fingerprint density at radius 1 is 1.43 bits per heavy atom. The summed E-state index contributed by atoms with van der Waals surface area (Å²) in [6.45, 7) is -0.0425. The first kappa shape index (κ1) is 15.1. The van der Waals surface area contributed by atoms with Crippen LogP contribution in [0.15, 0.2) is 22.8 Å². The van der Waals surface area contributed by atoms with Crippen LogP contribution in [-0.2, 0) is 9.59 Å². The van der Waals surface area contributed by atoms with Crippen molar-refractivity contribution >= 4 is 17.8 Å². The van der Waals surface area contributed by atoms with Crippen molar-refractivity contribution in [2.24, 2.45) is 5.41 Å². The van der Waals surface area contributed by atoms with Crippen molar-refractivity contribution in [1.29, 1.82) is 0 Å². The van der Waals surface area contributed by atoms with Crippen LogP contribution in [0.25, 0.3) is 0 Å². The van der Waals surface area contributed by atoms with E-state index < -0.39 is 17.3 Å². The van der Waals surface area contributed by atoms with Gasteiger partial charge in [0, 0.05) is 13.6 Å². The molecule has 1 saturated carbocycles. The molecule has 0 saturated heterocycles. The van der Waals surface area contributed by atoms with Crippen LogP contribution >= 0.6 is 0 Å². The molecule has 1 aromatic rings. The predicted molar refractivity (Wildman–Crippen MR) is 72.6 cm³/mol. The minimum atomic E-state index is -0.880. The number of carboxylic acids is 1. The molecule has 0 aliphatic heterocycles. The van der Waals surface area contributed by atoms with Gasteiger partial charge in [0.1, 0.15) is 0 Å². The molecule has 1 aliphatic carbocycles. The summed E-state index contributed by atoms with van der Waals surface area (Å²) in [5.41, 5.74) is -0.834. The quantitative estimate of drug-likeness (QED) is 0.805. The van der Waals surface area contributed by atoms with Crippen molar-refractivity contribution in [3.05, 3.63) is 24.2 Å². The number of rotatable bonds is 6. The first-order valence-electron chi connectivity index (χ1n) is 6.74. The van der Waals surface area contributed by atoms with Gasteiger partial charge in [0.25, 0.3) is 5.91 Å². The molecule has 2 amide bonds. The second-order valence-electron chi connectivity index (χ2n) is 5.35. The standard InChI is InChI=1S/C14H18N2O5/c1-16(12(18)10-4-2-7-21-10)8-11(17)15-9-14(13(19)20)5-3-6-14/h2,4,7H,3,5-6,8-9H2,1H3,(H,15,17)(H,19,20). The van der Waals surface area contributed by atoms with Crippen LogP contribution in [0.1, 0.15) is 29.8 Å². The van der Waals surface area contributed by atoms with Crippen LogP contribution in [0.3, 0.4) is 0 Å². The molecule has 114 valence electrons. The van der Waals surface area contributed by atoms with Gasteiger partial charge < -0.3 is 19.7 Å². The van der Waals surface area contributed by atoms with Gasteiger partial charge in [0.15, 0.2) is 5.76 Å². The summed E-state index contributed by atoms with van der Waals surface area (Å²) in [5.74, 6) is -1.50. The number of carbonyl (C=O) groups is 3. The largest absolute Gasteiger partial charge is 0.481 e. The lowest BCUT2D eigenvalue weighted by atomic mass is 9.69. The van der Waals surface area contributed by atoms with Crippen LogP contribution < -0.4 is 5.32 Å². The van der Waals surface area contributed by atoms with Gasteiger partial charge in [-0.25, -0.2) is 0 Å². The summed E-state index contributed by atoms with van der Waals surface area (Å²) >= 11 is 0. The number of likely N-dealkylation sites (N-methyl/N-ethyl adjacent to an activating group) is 1. The Bertz CT molecular complexity index is 534. The molecule has 0 unspecified atom stereocenters. The average Bonchev–Trinajstić information content (AvgIpc) is 2.89. The third-order valence-electron chi connectivity index (χ3n) is 3.85. The molecule has 21 heavy (non-hydrogen) atoms. The van der Waals surface area contributed by atoms with Gasteiger partial charge in [0.2, 0.25) is 5.91 Å². The molecule has 0 bridgehead atoms. The minimum absolute atomic E-state index is 0.101. The summed E-state index contributed by atoms with van der Waals surface area (Å²) in [6.07, 6.45) is 3.39. The highest BCUT2D eigenvalue weighted by Crippen LogP contribution is 2.40. The number of hydrogen-bond acceptors (Lipinski definition) is 4. The Balaban J connectivity index is 1.82. The van der Waals surface area contributed by atoms with E-state index in [1.807, 2.05) is 0 Å².